The Morgan fingerprint density at radius 1 is 1.07 bits per heavy atom. The van der Waals surface area contributed by atoms with E-state index in [0.29, 0.717) is 24.3 Å². The van der Waals surface area contributed by atoms with Gasteiger partial charge in [-0.2, -0.15) is 0 Å². The van der Waals surface area contributed by atoms with Gasteiger partial charge in [0.1, 0.15) is 5.76 Å². The van der Waals surface area contributed by atoms with Crippen LogP contribution in [0.5, 0.6) is 0 Å². The topological polar surface area (TPSA) is 67.4 Å². The maximum absolute atomic E-state index is 13.1. The van der Waals surface area contributed by atoms with Gasteiger partial charge >= 0.3 is 0 Å². The number of carbonyl (C=O) groups excluding carboxylic acids is 1. The summed E-state index contributed by atoms with van der Waals surface area (Å²) in [4.78, 5) is 17.6. The molecule has 1 saturated carbocycles. The van der Waals surface area contributed by atoms with Crippen molar-refractivity contribution in [3.8, 4) is 0 Å². The summed E-state index contributed by atoms with van der Waals surface area (Å²) in [5.74, 6) is 3.17. The van der Waals surface area contributed by atoms with Crippen LogP contribution in [0, 0.1) is 5.92 Å². The monoisotopic (exact) mass is 429 g/mol. The smallest absolute Gasteiger partial charge is 0.233 e. The molecule has 0 bridgehead atoms. The van der Waals surface area contributed by atoms with Gasteiger partial charge in [-0.25, -0.2) is 0 Å². The van der Waals surface area contributed by atoms with Crippen LogP contribution in [0.3, 0.4) is 0 Å². The first-order chi connectivity index (χ1) is 14.8. The molecule has 2 atom stereocenters. The van der Waals surface area contributed by atoms with Crippen LogP contribution in [0.4, 0.5) is 5.95 Å². The lowest BCUT2D eigenvalue weighted by molar-refractivity contribution is -0.134. The lowest BCUT2D eigenvalue weighted by atomic mass is 9.78. The molecule has 30 heavy (non-hydrogen) atoms. The fourth-order valence-corrected chi connectivity index (χ4v) is 6.20. The van der Waals surface area contributed by atoms with Gasteiger partial charge < -0.3 is 14.2 Å². The summed E-state index contributed by atoms with van der Waals surface area (Å²) in [7, 11) is 0. The minimum absolute atomic E-state index is 0.256. The average Bonchev–Trinajstić information content (AvgIpc) is 3.54. The molecular weight excluding hydrogens is 398 g/mol. The zero-order valence-corrected chi connectivity index (χ0v) is 18.4. The summed E-state index contributed by atoms with van der Waals surface area (Å²) in [5, 5.41) is 9.75. The SMILES string of the molecule is O=C(CSc1nnc(N2CCCC2)n1Cc1ccco1)N1CCCC2CCCCC21. The van der Waals surface area contributed by atoms with Crippen LogP contribution in [-0.4, -0.2) is 57.0 Å². The summed E-state index contributed by atoms with van der Waals surface area (Å²) in [6.07, 6.45) is 11.6. The van der Waals surface area contributed by atoms with E-state index in [1.807, 2.05) is 12.1 Å². The third kappa shape index (κ3) is 4.11. The van der Waals surface area contributed by atoms with E-state index < -0.39 is 0 Å². The van der Waals surface area contributed by atoms with E-state index in [0.717, 1.165) is 42.9 Å². The number of piperidine rings is 1. The summed E-state index contributed by atoms with van der Waals surface area (Å²) >= 11 is 1.52. The lowest BCUT2D eigenvalue weighted by Crippen LogP contribution is -2.50. The number of hydrogen-bond donors (Lipinski definition) is 0. The third-order valence-electron chi connectivity index (χ3n) is 6.87. The van der Waals surface area contributed by atoms with Crippen LogP contribution in [0.1, 0.15) is 57.1 Å². The number of anilines is 1. The van der Waals surface area contributed by atoms with Crippen molar-refractivity contribution in [3.63, 3.8) is 0 Å². The predicted molar refractivity (Wildman–Crippen MR) is 117 cm³/mol. The van der Waals surface area contributed by atoms with Crippen LogP contribution < -0.4 is 4.90 Å². The number of nitrogens with zero attached hydrogens (tertiary/aromatic N) is 5. The van der Waals surface area contributed by atoms with Gasteiger partial charge in [-0.05, 0) is 56.6 Å². The van der Waals surface area contributed by atoms with Crippen molar-refractivity contribution in [2.45, 2.75) is 69.1 Å². The molecule has 8 heteroatoms. The normalized spacial score (nSPS) is 24.3. The second kappa shape index (κ2) is 9.04. The van der Waals surface area contributed by atoms with Crippen molar-refractivity contribution in [1.82, 2.24) is 19.7 Å². The Hall–Kier alpha value is -1.96. The molecular formula is C22H31N5O2S. The Kier molecular flexibility index (Phi) is 6.02. The summed E-state index contributed by atoms with van der Waals surface area (Å²) in [6.45, 7) is 3.53. The minimum Gasteiger partial charge on any atom is -0.467 e. The minimum atomic E-state index is 0.256. The molecule has 0 aromatic carbocycles. The Balaban J connectivity index is 1.29. The molecule has 2 aromatic rings. The Labute approximate surface area is 182 Å². The number of aromatic nitrogens is 3. The van der Waals surface area contributed by atoms with Gasteiger partial charge in [0.05, 0.1) is 18.6 Å². The van der Waals surface area contributed by atoms with Crippen molar-refractivity contribution in [1.29, 1.82) is 0 Å². The van der Waals surface area contributed by atoms with Gasteiger partial charge in [-0.3, -0.25) is 9.36 Å². The molecule has 2 unspecified atom stereocenters. The standard InChI is InChI=1S/C22H31N5O2S/c28-20(26-13-5-8-17-7-1-2-10-19(17)26)16-30-22-24-23-21(25-11-3-4-12-25)27(22)15-18-9-6-14-29-18/h6,9,14,17,19H,1-5,7-8,10-13,15-16H2. The molecule has 1 amide bonds. The van der Waals surface area contributed by atoms with E-state index in [-0.39, 0.29) is 5.91 Å². The average molecular weight is 430 g/mol. The highest BCUT2D eigenvalue weighted by Crippen LogP contribution is 2.36. The largest absolute Gasteiger partial charge is 0.467 e. The molecule has 2 aliphatic heterocycles. The van der Waals surface area contributed by atoms with Crippen molar-refractivity contribution >= 4 is 23.6 Å². The number of fused-ring (bicyclic) bond motifs is 1. The number of hydrogen-bond acceptors (Lipinski definition) is 6. The highest BCUT2D eigenvalue weighted by atomic mass is 32.2. The highest BCUT2D eigenvalue weighted by Gasteiger charge is 2.35. The number of carbonyl (C=O) groups is 1. The molecule has 0 N–H and O–H groups in total. The molecule has 162 valence electrons. The van der Waals surface area contributed by atoms with Crippen molar-refractivity contribution in [3.05, 3.63) is 24.2 Å². The molecule has 3 fully saturated rings. The predicted octanol–water partition coefficient (Wildman–Crippen LogP) is 3.79. The number of furan rings is 1. The molecule has 5 rings (SSSR count). The van der Waals surface area contributed by atoms with E-state index in [9.17, 15) is 4.79 Å². The Morgan fingerprint density at radius 3 is 2.73 bits per heavy atom. The fraction of sp³-hybridized carbons (Fsp3) is 0.682. The molecule has 1 aliphatic carbocycles. The third-order valence-corrected chi connectivity index (χ3v) is 7.82. The fourth-order valence-electron chi connectivity index (χ4n) is 5.38. The number of thioether (sulfide) groups is 1. The maximum atomic E-state index is 13.1. The van der Waals surface area contributed by atoms with Crippen molar-refractivity contribution in [2.75, 3.05) is 30.3 Å². The second-order valence-corrected chi connectivity index (χ2v) is 9.71. The highest BCUT2D eigenvalue weighted by molar-refractivity contribution is 7.99. The van der Waals surface area contributed by atoms with Crippen molar-refractivity contribution < 1.29 is 9.21 Å². The van der Waals surface area contributed by atoms with E-state index >= 15 is 0 Å². The van der Waals surface area contributed by atoms with E-state index in [1.54, 1.807) is 6.26 Å². The van der Waals surface area contributed by atoms with Gasteiger partial charge in [0.25, 0.3) is 0 Å². The van der Waals surface area contributed by atoms with Gasteiger partial charge in [-0.15, -0.1) is 10.2 Å². The molecule has 0 radical (unpaired) electrons. The Morgan fingerprint density at radius 2 is 1.90 bits per heavy atom. The van der Waals surface area contributed by atoms with Crippen molar-refractivity contribution in [2.24, 2.45) is 5.92 Å². The number of rotatable bonds is 6. The van der Waals surface area contributed by atoms with Gasteiger partial charge in [0.2, 0.25) is 11.9 Å². The van der Waals surface area contributed by atoms with E-state index in [4.69, 9.17) is 4.42 Å². The van der Waals surface area contributed by atoms with Crippen LogP contribution in [0.25, 0.3) is 0 Å². The zero-order valence-electron chi connectivity index (χ0n) is 17.5. The first kappa shape index (κ1) is 20.0. The molecule has 4 heterocycles. The van der Waals surface area contributed by atoms with Crippen LogP contribution >= 0.6 is 11.8 Å². The molecule has 2 aromatic heterocycles. The zero-order chi connectivity index (χ0) is 20.3. The van der Waals surface area contributed by atoms with Crippen LogP contribution in [-0.2, 0) is 11.3 Å². The summed E-state index contributed by atoms with van der Waals surface area (Å²) in [6, 6.07) is 4.34. The number of likely N-dealkylation sites (tertiary alicyclic amines) is 1. The van der Waals surface area contributed by atoms with E-state index in [2.05, 4.69) is 24.6 Å². The first-order valence-corrected chi connectivity index (χ1v) is 12.4. The quantitative estimate of drug-likeness (QED) is 0.651. The van der Waals surface area contributed by atoms with E-state index in [1.165, 1.54) is 56.7 Å². The first-order valence-electron chi connectivity index (χ1n) is 11.4. The Bertz CT molecular complexity index is 844. The van der Waals surface area contributed by atoms with Crippen LogP contribution in [0.15, 0.2) is 28.0 Å². The second-order valence-electron chi connectivity index (χ2n) is 8.77. The lowest BCUT2D eigenvalue weighted by Gasteiger charge is -2.44. The molecule has 0 spiro atoms. The maximum Gasteiger partial charge on any atom is 0.233 e. The van der Waals surface area contributed by atoms with Gasteiger partial charge in [-0.1, -0.05) is 24.6 Å². The molecule has 7 nitrogen and oxygen atoms in total. The van der Waals surface area contributed by atoms with Gasteiger partial charge in [0.15, 0.2) is 5.16 Å². The number of amides is 1. The summed E-state index contributed by atoms with van der Waals surface area (Å²) < 4.78 is 7.69. The van der Waals surface area contributed by atoms with Crippen LogP contribution in [0.2, 0.25) is 0 Å². The van der Waals surface area contributed by atoms with Gasteiger partial charge in [0, 0.05) is 25.7 Å². The molecule has 3 aliphatic rings. The molecule has 2 saturated heterocycles. The summed E-state index contributed by atoms with van der Waals surface area (Å²) in [5.41, 5.74) is 0.